The van der Waals surface area contributed by atoms with E-state index in [0.29, 0.717) is 36.1 Å². The Bertz CT molecular complexity index is 657. The second-order valence-corrected chi connectivity index (χ2v) is 11.9. The monoisotopic (exact) mass is 474 g/mol. The molecule has 0 aliphatic carbocycles. The highest BCUT2D eigenvalue weighted by Gasteiger charge is 2.43. The molecule has 1 unspecified atom stereocenters. The minimum atomic E-state index is 0.118. The molecule has 10 atom stereocenters. The van der Waals surface area contributed by atoms with E-state index in [1.165, 1.54) is 49.7 Å². The highest BCUT2D eigenvalue weighted by molar-refractivity contribution is 5.12. The summed E-state index contributed by atoms with van der Waals surface area (Å²) in [6.45, 7) is 22.8. The summed E-state index contributed by atoms with van der Waals surface area (Å²) in [5.74, 6) is 2.48. The van der Waals surface area contributed by atoms with E-state index in [1.54, 1.807) is 0 Å². The third kappa shape index (κ3) is 6.98. The SMILES string of the molecule is C=C1C[C@H](CCCC)O[C@H]1CCC1C[C@@H](C)C(=C)[C@@H](C[C@@H]2O[C@H](C[C@H](C)CC)[C@H](C)[C@H]2CC)O1. The van der Waals surface area contributed by atoms with Crippen LogP contribution in [0, 0.1) is 23.7 Å². The molecule has 0 amide bonds. The first-order chi connectivity index (χ1) is 16.3. The van der Waals surface area contributed by atoms with Gasteiger partial charge in [-0.25, -0.2) is 0 Å². The van der Waals surface area contributed by atoms with Gasteiger partial charge < -0.3 is 14.2 Å². The Hall–Kier alpha value is -0.640. The van der Waals surface area contributed by atoms with Gasteiger partial charge in [0.15, 0.2) is 0 Å². The lowest BCUT2D eigenvalue weighted by Gasteiger charge is -2.38. The maximum absolute atomic E-state index is 6.72. The van der Waals surface area contributed by atoms with Gasteiger partial charge in [-0.2, -0.15) is 0 Å². The van der Waals surface area contributed by atoms with Crippen molar-refractivity contribution in [1.29, 1.82) is 0 Å². The van der Waals surface area contributed by atoms with Crippen LogP contribution in [0.4, 0.5) is 0 Å². The van der Waals surface area contributed by atoms with Gasteiger partial charge in [-0.15, -0.1) is 0 Å². The average Bonchev–Trinajstić information content (AvgIpc) is 3.31. The van der Waals surface area contributed by atoms with Gasteiger partial charge in [-0.3, -0.25) is 0 Å². The van der Waals surface area contributed by atoms with Crippen LogP contribution in [0.5, 0.6) is 0 Å². The van der Waals surface area contributed by atoms with Crippen molar-refractivity contribution in [2.45, 2.75) is 149 Å². The van der Waals surface area contributed by atoms with Crippen molar-refractivity contribution >= 4 is 0 Å². The van der Waals surface area contributed by atoms with Crippen LogP contribution in [0.2, 0.25) is 0 Å². The summed E-state index contributed by atoms with van der Waals surface area (Å²) in [6.07, 6.45) is 14.1. The molecule has 0 aromatic heterocycles. The number of hydrogen-bond donors (Lipinski definition) is 0. The molecular weight excluding hydrogens is 420 g/mol. The first-order valence-electron chi connectivity index (χ1n) is 14.6. The zero-order valence-electron chi connectivity index (χ0n) is 23.2. The number of ether oxygens (including phenoxy) is 3. The van der Waals surface area contributed by atoms with Crippen molar-refractivity contribution in [2.75, 3.05) is 0 Å². The highest BCUT2D eigenvalue weighted by atomic mass is 16.5. The molecule has 3 heterocycles. The van der Waals surface area contributed by atoms with Gasteiger partial charge in [-0.1, -0.05) is 80.4 Å². The lowest BCUT2D eigenvalue weighted by Crippen LogP contribution is -2.37. The van der Waals surface area contributed by atoms with E-state index in [9.17, 15) is 0 Å². The maximum atomic E-state index is 6.72. The number of hydrogen-bond acceptors (Lipinski definition) is 3. The van der Waals surface area contributed by atoms with E-state index in [4.69, 9.17) is 14.2 Å². The molecule has 0 radical (unpaired) electrons. The fourth-order valence-electron chi connectivity index (χ4n) is 6.62. The van der Waals surface area contributed by atoms with Crippen molar-refractivity contribution in [2.24, 2.45) is 23.7 Å². The Balaban J connectivity index is 1.54. The zero-order valence-corrected chi connectivity index (χ0v) is 23.2. The molecule has 0 bridgehead atoms. The van der Waals surface area contributed by atoms with Crippen LogP contribution in [0.25, 0.3) is 0 Å². The van der Waals surface area contributed by atoms with Crippen LogP contribution in [-0.4, -0.2) is 36.6 Å². The summed E-state index contributed by atoms with van der Waals surface area (Å²) in [7, 11) is 0. The highest BCUT2D eigenvalue weighted by Crippen LogP contribution is 2.43. The topological polar surface area (TPSA) is 27.7 Å². The molecule has 196 valence electrons. The molecule has 0 spiro atoms. The predicted molar refractivity (Wildman–Crippen MR) is 143 cm³/mol. The first kappa shape index (κ1) is 27.9. The Kier molecular flexibility index (Phi) is 10.7. The molecule has 0 saturated carbocycles. The molecule has 0 N–H and O–H groups in total. The molecule has 0 aromatic rings. The standard InChI is InChI=1S/C31H54O3/c1-9-12-13-25-18-22(6)28(32-25)15-14-26-17-21(5)23(7)30(33-26)19-31-27(11-3)24(8)29(34-31)16-20(4)10-2/h20-21,24-31H,6-7,9-19H2,1-5,8H3/t20-,21-,24-,25+,26?,27-,28+,29-,30-,31+/m1/s1. The summed E-state index contributed by atoms with van der Waals surface area (Å²) >= 11 is 0. The average molecular weight is 475 g/mol. The molecule has 3 nitrogen and oxygen atoms in total. The fourth-order valence-corrected chi connectivity index (χ4v) is 6.62. The van der Waals surface area contributed by atoms with E-state index in [0.717, 1.165) is 38.0 Å². The summed E-state index contributed by atoms with van der Waals surface area (Å²) in [6, 6.07) is 0. The fraction of sp³-hybridized carbons (Fsp3) is 0.871. The largest absolute Gasteiger partial charge is 0.374 e. The first-order valence-corrected chi connectivity index (χ1v) is 14.6. The van der Waals surface area contributed by atoms with E-state index < -0.39 is 0 Å². The Morgan fingerprint density at radius 3 is 2.32 bits per heavy atom. The number of rotatable bonds is 12. The Labute approximate surface area is 211 Å². The normalized spacial score (nSPS) is 39.6. The predicted octanol–water partition coefficient (Wildman–Crippen LogP) is 8.28. The molecule has 3 heteroatoms. The van der Waals surface area contributed by atoms with E-state index in [1.807, 2.05) is 0 Å². The van der Waals surface area contributed by atoms with Gasteiger partial charge in [0.2, 0.25) is 0 Å². The van der Waals surface area contributed by atoms with Crippen LogP contribution >= 0.6 is 0 Å². The summed E-state index contributed by atoms with van der Waals surface area (Å²) in [5.41, 5.74) is 2.56. The summed E-state index contributed by atoms with van der Waals surface area (Å²) in [5, 5.41) is 0. The molecule has 0 aromatic carbocycles. The third-order valence-electron chi connectivity index (χ3n) is 9.29. The van der Waals surface area contributed by atoms with E-state index in [-0.39, 0.29) is 18.3 Å². The van der Waals surface area contributed by atoms with Crippen molar-refractivity contribution in [3.63, 3.8) is 0 Å². The molecular formula is C31H54O3. The van der Waals surface area contributed by atoms with Crippen molar-refractivity contribution in [3.05, 3.63) is 24.3 Å². The van der Waals surface area contributed by atoms with Crippen LogP contribution in [0.3, 0.4) is 0 Å². The van der Waals surface area contributed by atoms with Gasteiger partial charge in [0.1, 0.15) is 0 Å². The van der Waals surface area contributed by atoms with Crippen molar-refractivity contribution in [3.8, 4) is 0 Å². The Morgan fingerprint density at radius 1 is 0.912 bits per heavy atom. The van der Waals surface area contributed by atoms with Crippen LogP contribution in [0.1, 0.15) is 112 Å². The van der Waals surface area contributed by atoms with Crippen molar-refractivity contribution in [1.82, 2.24) is 0 Å². The number of unbranched alkanes of at least 4 members (excludes halogenated alkanes) is 1. The van der Waals surface area contributed by atoms with Gasteiger partial charge in [0.05, 0.1) is 36.6 Å². The summed E-state index contributed by atoms with van der Waals surface area (Å²) < 4.78 is 19.8. The molecule has 3 aliphatic heterocycles. The second kappa shape index (κ2) is 13.1. The molecule has 3 aliphatic rings. The van der Waals surface area contributed by atoms with Gasteiger partial charge in [0, 0.05) is 6.42 Å². The minimum Gasteiger partial charge on any atom is -0.374 e. The quantitative estimate of drug-likeness (QED) is 0.266. The van der Waals surface area contributed by atoms with Crippen LogP contribution < -0.4 is 0 Å². The maximum Gasteiger partial charge on any atom is 0.0813 e. The third-order valence-corrected chi connectivity index (χ3v) is 9.29. The van der Waals surface area contributed by atoms with Gasteiger partial charge in [0.25, 0.3) is 0 Å². The van der Waals surface area contributed by atoms with Gasteiger partial charge >= 0.3 is 0 Å². The second-order valence-electron chi connectivity index (χ2n) is 11.9. The van der Waals surface area contributed by atoms with Gasteiger partial charge in [-0.05, 0) is 73.3 Å². The molecule has 34 heavy (non-hydrogen) atoms. The van der Waals surface area contributed by atoms with Crippen LogP contribution in [-0.2, 0) is 14.2 Å². The minimum absolute atomic E-state index is 0.118. The zero-order chi connectivity index (χ0) is 24.8. The smallest absolute Gasteiger partial charge is 0.0813 e. The summed E-state index contributed by atoms with van der Waals surface area (Å²) in [4.78, 5) is 0. The molecule has 3 fully saturated rings. The Morgan fingerprint density at radius 2 is 1.65 bits per heavy atom. The van der Waals surface area contributed by atoms with E-state index >= 15 is 0 Å². The molecule has 3 saturated heterocycles. The van der Waals surface area contributed by atoms with E-state index in [2.05, 4.69) is 54.7 Å². The van der Waals surface area contributed by atoms with Crippen molar-refractivity contribution < 1.29 is 14.2 Å². The molecule has 3 rings (SSSR count). The van der Waals surface area contributed by atoms with Crippen LogP contribution in [0.15, 0.2) is 24.3 Å². The lowest BCUT2D eigenvalue weighted by atomic mass is 9.80. The lowest BCUT2D eigenvalue weighted by molar-refractivity contribution is -0.0745.